The Hall–Kier alpha value is -5.83. The van der Waals surface area contributed by atoms with Gasteiger partial charge in [-0.1, -0.05) is 14.8 Å². The number of benzene rings is 4. The number of allylic oxidation sites excluding steroid dienone is 3. The largest absolute Gasteiger partial charge is 1.00 e. The monoisotopic (exact) mass is 1330 g/mol. The fourth-order valence-electron chi connectivity index (χ4n) is 7.88. The molecular formula is C57H104ClN10O19P2+3. The van der Waals surface area contributed by atoms with Crippen molar-refractivity contribution in [2.45, 2.75) is 41.2 Å². The van der Waals surface area contributed by atoms with Crippen LogP contribution in [0, 0.1) is 15.2 Å². The number of anilines is 6. The Kier molecular flexibility index (Phi) is 54.9. The topological polar surface area (TPSA) is 490 Å². The van der Waals surface area contributed by atoms with Crippen LogP contribution in [0.1, 0.15) is 44.1 Å². The molecule has 0 saturated heterocycles. The average Bonchev–Trinajstić information content (AvgIpc) is 1.25. The Labute approximate surface area is 543 Å². The summed E-state index contributed by atoms with van der Waals surface area (Å²) >= 11 is 0. The van der Waals surface area contributed by atoms with Gasteiger partial charge in [-0.25, -0.2) is 4.58 Å². The summed E-state index contributed by atoms with van der Waals surface area (Å²) in [6.07, 6.45) is 5.04. The van der Waals surface area contributed by atoms with E-state index in [1.54, 1.807) is 118 Å². The van der Waals surface area contributed by atoms with Gasteiger partial charge in [-0.15, -0.1) is 22.2 Å². The third kappa shape index (κ3) is 33.7. The van der Waals surface area contributed by atoms with Crippen molar-refractivity contribution in [3.8, 4) is 0 Å². The minimum absolute atomic E-state index is 0. The zero-order valence-corrected chi connectivity index (χ0v) is 53.7. The maximum Gasteiger partial charge on any atom is 1.00 e. The number of halogens is 1. The molecule has 4 aromatic rings. The summed E-state index contributed by atoms with van der Waals surface area (Å²) < 4.78 is 24.6. The van der Waals surface area contributed by atoms with E-state index in [9.17, 15) is 9.81 Å². The molecule has 1 aliphatic rings. The second-order valence-electron chi connectivity index (χ2n) is 17.4. The quantitative estimate of drug-likeness (QED) is 0.00808. The zero-order valence-electron chi connectivity index (χ0n) is 57.5. The first kappa shape index (κ1) is 85.2. The lowest BCUT2D eigenvalue weighted by atomic mass is 10.0. The van der Waals surface area contributed by atoms with Crippen LogP contribution >= 0.6 is 32.1 Å². The van der Waals surface area contributed by atoms with Crippen molar-refractivity contribution >= 4 is 89.0 Å². The molecule has 2 unspecified atom stereocenters. The maximum absolute atomic E-state index is 10.5. The molecule has 2 atom stereocenters. The molecule has 89 heavy (non-hydrogen) atoms. The molecule has 0 spiro atoms. The number of nitrogens with two attached hydrogens (primary N) is 1. The highest BCUT2D eigenvalue weighted by atomic mass is 35.5. The number of hydrogen-bond donors (Lipinski definition) is 19. The van der Waals surface area contributed by atoms with Gasteiger partial charge >= 0.3 is 4.28 Å². The maximum atomic E-state index is 10.5. The highest BCUT2D eigenvalue weighted by Crippen LogP contribution is 2.28. The Morgan fingerprint density at radius 3 is 1.10 bits per heavy atom. The number of rotatable bonds is 32. The van der Waals surface area contributed by atoms with Crippen LogP contribution in [-0.2, 0) is 26.4 Å². The van der Waals surface area contributed by atoms with E-state index in [0.717, 1.165) is 28.5 Å². The van der Waals surface area contributed by atoms with Crippen LogP contribution in [0.25, 0.3) is 0 Å². The van der Waals surface area contributed by atoms with Gasteiger partial charge in [-0.05, 0) is 89.2 Å². The molecule has 32 heteroatoms. The summed E-state index contributed by atoms with van der Waals surface area (Å²) in [4.78, 5) is 28.1. The van der Waals surface area contributed by atoms with Gasteiger partial charge in [0.25, 0.3) is 0 Å². The molecule has 510 valence electrons. The van der Waals surface area contributed by atoms with Crippen molar-refractivity contribution in [1.82, 2.24) is 0 Å². The molecule has 0 amide bonds. The molecule has 0 fully saturated rings. The number of nitrogen functional groups attached to an aromatic ring is 1. The predicted molar refractivity (Wildman–Crippen MR) is 365 cm³/mol. The number of hydrogen-bond acceptors (Lipinski definition) is 28. The van der Waals surface area contributed by atoms with Gasteiger partial charge in [0.2, 0.25) is 5.71 Å². The van der Waals surface area contributed by atoms with Gasteiger partial charge in [0.05, 0.1) is 99.8 Å². The van der Waals surface area contributed by atoms with E-state index in [1.165, 1.54) is 26.9 Å². The van der Waals surface area contributed by atoms with E-state index in [-0.39, 0.29) is 133 Å². The van der Waals surface area contributed by atoms with Crippen molar-refractivity contribution in [2.24, 2.45) is 10.4 Å². The van der Waals surface area contributed by atoms with Crippen molar-refractivity contribution in [3.63, 3.8) is 0 Å². The van der Waals surface area contributed by atoms with Crippen LogP contribution in [0.3, 0.4) is 0 Å². The first-order chi connectivity index (χ1) is 44.2. The van der Waals surface area contributed by atoms with Crippen LogP contribution in [0.15, 0.2) is 107 Å². The number of aliphatic hydroxyl groups excluding tert-OH is 15. The van der Waals surface area contributed by atoms with E-state index in [0.29, 0.717) is 110 Å². The van der Waals surface area contributed by atoms with Gasteiger partial charge < -0.3 is 113 Å². The zero-order chi connectivity index (χ0) is 70.0. The molecule has 29 nitrogen and oxygen atoms in total. The van der Waals surface area contributed by atoms with E-state index in [2.05, 4.69) is 10.4 Å². The normalized spacial score (nSPS) is 10.9. The van der Waals surface area contributed by atoms with E-state index in [1.807, 2.05) is 10.4 Å². The van der Waals surface area contributed by atoms with Crippen molar-refractivity contribution in [1.29, 1.82) is 7.97 Å². The summed E-state index contributed by atoms with van der Waals surface area (Å²) in [5, 5.41) is 157. The molecule has 0 radical (unpaired) electrons. The Morgan fingerprint density at radius 2 is 0.809 bits per heavy atom. The summed E-state index contributed by atoms with van der Waals surface area (Å²) in [6, 6.07) is 20.0. The number of nitrogens with one attached hydrogen (secondary N) is 2. The third-order valence-electron chi connectivity index (χ3n) is 12.1. The molecule has 21 N–H and O–H groups in total. The number of aliphatic hydroxyl groups is 15. The predicted octanol–water partition coefficient (Wildman–Crippen LogP) is 0.962. The third-order valence-corrected chi connectivity index (χ3v) is 12.1. The summed E-state index contributed by atoms with van der Waals surface area (Å²) in [6.45, 7) is 2.78. The lowest BCUT2D eigenvalue weighted by Crippen LogP contribution is -2.29. The smallest absolute Gasteiger partial charge is 0.870 e. The Bertz CT molecular complexity index is 2540. The molecule has 5 rings (SSSR count). The second-order valence-corrected chi connectivity index (χ2v) is 17.4. The Morgan fingerprint density at radius 1 is 0.494 bits per heavy atom. The van der Waals surface area contributed by atoms with Crippen LogP contribution < -0.4 is 30.8 Å². The van der Waals surface area contributed by atoms with Crippen molar-refractivity contribution in [3.05, 3.63) is 129 Å². The van der Waals surface area contributed by atoms with Crippen LogP contribution in [0.4, 0.5) is 45.5 Å². The lowest BCUT2D eigenvalue weighted by Gasteiger charge is -2.24. The molecule has 4 aromatic carbocycles. The van der Waals surface area contributed by atoms with Gasteiger partial charge in [-0.2, -0.15) is 19.7 Å². The fourth-order valence-corrected chi connectivity index (χ4v) is 7.88. The molecule has 0 saturated carbocycles. The second kappa shape index (κ2) is 57.3. The van der Waals surface area contributed by atoms with E-state index in [4.69, 9.17) is 98.2 Å². The minimum Gasteiger partial charge on any atom is -0.870 e. The summed E-state index contributed by atoms with van der Waals surface area (Å²) in [5.41, 5.74) is 15.8. The number of nitrogens with zero attached hydrogens (tertiary/aromatic N) is 7. The molecular weight excluding hydrogens is 1230 g/mol. The highest BCUT2D eigenvalue weighted by Gasteiger charge is 2.17. The molecule has 0 heterocycles. The van der Waals surface area contributed by atoms with Crippen LogP contribution in [0.5, 0.6) is 0 Å². The molecule has 0 aromatic heterocycles. The highest BCUT2D eigenvalue weighted by molar-refractivity contribution is 6.92. The van der Waals surface area contributed by atoms with Crippen LogP contribution in [-0.4, -0.2) is 244 Å². The van der Waals surface area contributed by atoms with E-state index < -0.39 is 0 Å². The lowest BCUT2D eigenvalue weighted by molar-refractivity contribution is -0.530. The molecule has 1 aliphatic carbocycles. The first-order valence-electron chi connectivity index (χ1n) is 29.5. The standard InChI is InChI=1S/C11H18N2O4.2C11H16N2O4.C11H18N2O3.C11H17N2O3.2CH4.ClH.H2O.2H3P/c3*14-5-3-13(4-6-15)10-1-2-11(12-17)9(7-10)8-16;2*12-11-2-1-10(7-9(11)8-16)13(3-5-14)4-6-15;;;;;;/h1-2,7,12,14-17H,3-6,8H2;2*1-2,7,14-16H,3-6,8H2;1-2,7,14-16H,3-6,8,12H2;1-2,7,12,14-16H,3-6,8H2;2*1H4;1H;1H2;2*1H3/q;;;;+1;;;;;;/p+2/i;;;;;2*1D;;;2*1D. The molecule has 0 bridgehead atoms. The molecule has 0 aliphatic heterocycles. The van der Waals surface area contributed by atoms with Gasteiger partial charge in [0.15, 0.2) is 13.1 Å². The fraction of sp³-hybridized carbons (Fsp3) is 0.474. The van der Waals surface area contributed by atoms with Gasteiger partial charge in [-0.3, -0.25) is 10.7 Å². The van der Waals surface area contributed by atoms with Crippen molar-refractivity contribution < 1.29 is 98.9 Å². The Balaban J connectivity index is -0.000000135. The summed E-state index contributed by atoms with van der Waals surface area (Å²) in [5.74, 6) is 0. The summed E-state index contributed by atoms with van der Waals surface area (Å²) in [7, 11) is 5.83. The van der Waals surface area contributed by atoms with Gasteiger partial charge in [0.1, 0.15) is 24.6 Å². The minimum atomic E-state index is -0.277. The van der Waals surface area contributed by atoms with Gasteiger partial charge in [0, 0.05) is 124 Å². The average molecular weight is 1330 g/mol. The van der Waals surface area contributed by atoms with E-state index >= 15 is 0 Å². The van der Waals surface area contributed by atoms with Crippen LogP contribution in [0.2, 0.25) is 0 Å². The van der Waals surface area contributed by atoms with Crippen molar-refractivity contribution in [2.75, 3.05) is 169 Å². The number of nitroso groups, excluding NO2 is 2. The SMILES string of the molecule is Cl.N=C1C=CC(=[N+](CCO)CCO)C=C1CO.Nc1ccc(N(CCO)CCO)cc1CO.O=Nc1ccc(N(CCO)CCO)cc1CO.O=Nc1ccc(N(CCO)CCO)cc1CO.OCCN(CCO)c1ccc(NO)c(CO)c1.[2H]C.[2H]C.[2H]P.[2H]P.[H+].[H+].[H+].[OH-]. The first-order valence-corrected chi connectivity index (χ1v) is 26.3.